The third-order valence-electron chi connectivity index (χ3n) is 3.29. The van der Waals surface area contributed by atoms with Crippen molar-refractivity contribution in [1.29, 1.82) is 0 Å². The van der Waals surface area contributed by atoms with Gasteiger partial charge in [-0.3, -0.25) is 0 Å². The second-order valence-corrected chi connectivity index (χ2v) is 4.69. The molecular weight excluding hydrogens is 248 g/mol. The largest absolute Gasteiger partial charge is 0.387 e. The number of aliphatic hydroxyl groups excluding tert-OH is 2. The van der Waals surface area contributed by atoms with Crippen molar-refractivity contribution >= 4 is 0 Å². The lowest BCUT2D eigenvalue weighted by Gasteiger charge is -2.40. The molecule has 0 unspecified atom stereocenters. The van der Waals surface area contributed by atoms with Crippen molar-refractivity contribution in [2.24, 2.45) is 0 Å². The number of methoxy groups -OCH3 is 1. The SMILES string of the molecule is CO[C@@H]1O[C@@H](C)[C@@H](OCc2ccccc2)[C@H](O)[C@@H]1O. The van der Waals surface area contributed by atoms with E-state index in [1.807, 2.05) is 30.3 Å². The normalized spacial score (nSPS) is 35.3. The van der Waals surface area contributed by atoms with Crippen LogP contribution in [0, 0.1) is 0 Å². The highest BCUT2D eigenvalue weighted by atomic mass is 16.7. The standard InChI is InChI=1S/C14H20O5/c1-9-13(11(15)12(16)14(17-2)19-9)18-8-10-6-4-3-5-7-10/h3-7,9,11-16H,8H2,1-2H3/t9-,11+,12-,13+,14+/m0/s1. The van der Waals surface area contributed by atoms with Crippen LogP contribution in [0.1, 0.15) is 12.5 Å². The third kappa shape index (κ3) is 3.32. The summed E-state index contributed by atoms with van der Waals surface area (Å²) in [7, 11) is 1.43. The van der Waals surface area contributed by atoms with Gasteiger partial charge in [0.25, 0.3) is 0 Å². The van der Waals surface area contributed by atoms with Crippen molar-refractivity contribution in [3.8, 4) is 0 Å². The summed E-state index contributed by atoms with van der Waals surface area (Å²) in [6, 6.07) is 9.65. The summed E-state index contributed by atoms with van der Waals surface area (Å²) in [5.74, 6) is 0. The van der Waals surface area contributed by atoms with Crippen LogP contribution in [0.5, 0.6) is 0 Å². The lowest BCUT2D eigenvalue weighted by atomic mass is 9.99. The average Bonchev–Trinajstić information content (AvgIpc) is 2.44. The van der Waals surface area contributed by atoms with Crippen molar-refractivity contribution in [2.45, 2.75) is 44.2 Å². The molecule has 0 aromatic heterocycles. The van der Waals surface area contributed by atoms with E-state index in [-0.39, 0.29) is 6.10 Å². The zero-order valence-corrected chi connectivity index (χ0v) is 11.1. The zero-order chi connectivity index (χ0) is 13.8. The van der Waals surface area contributed by atoms with Crippen LogP contribution in [0.25, 0.3) is 0 Å². The average molecular weight is 268 g/mol. The van der Waals surface area contributed by atoms with Gasteiger partial charge < -0.3 is 24.4 Å². The van der Waals surface area contributed by atoms with Gasteiger partial charge in [-0.1, -0.05) is 30.3 Å². The van der Waals surface area contributed by atoms with Crippen molar-refractivity contribution in [3.63, 3.8) is 0 Å². The molecule has 1 aliphatic rings. The molecule has 1 aliphatic heterocycles. The second kappa shape index (κ2) is 6.45. The van der Waals surface area contributed by atoms with E-state index < -0.39 is 24.6 Å². The molecule has 5 atom stereocenters. The van der Waals surface area contributed by atoms with Crippen LogP contribution in [0.15, 0.2) is 30.3 Å². The molecule has 0 bridgehead atoms. The Hall–Kier alpha value is -0.980. The summed E-state index contributed by atoms with van der Waals surface area (Å²) in [6.45, 7) is 2.15. The minimum absolute atomic E-state index is 0.355. The molecule has 1 heterocycles. The van der Waals surface area contributed by atoms with E-state index in [1.165, 1.54) is 7.11 Å². The number of rotatable bonds is 4. The molecule has 5 nitrogen and oxygen atoms in total. The number of aliphatic hydroxyl groups is 2. The van der Waals surface area contributed by atoms with Gasteiger partial charge in [0.15, 0.2) is 6.29 Å². The fourth-order valence-electron chi connectivity index (χ4n) is 2.20. The first-order valence-electron chi connectivity index (χ1n) is 6.33. The molecule has 0 spiro atoms. The monoisotopic (exact) mass is 268 g/mol. The molecule has 5 heteroatoms. The Bertz CT molecular complexity index is 383. The maximum absolute atomic E-state index is 10.1. The summed E-state index contributed by atoms with van der Waals surface area (Å²) in [6.07, 6.45) is -3.89. The number of hydrogen-bond acceptors (Lipinski definition) is 5. The van der Waals surface area contributed by atoms with E-state index in [0.29, 0.717) is 6.61 Å². The molecule has 1 aromatic carbocycles. The van der Waals surface area contributed by atoms with Gasteiger partial charge in [0.05, 0.1) is 12.7 Å². The van der Waals surface area contributed by atoms with Gasteiger partial charge in [-0.15, -0.1) is 0 Å². The maximum Gasteiger partial charge on any atom is 0.186 e. The quantitative estimate of drug-likeness (QED) is 0.840. The van der Waals surface area contributed by atoms with Crippen molar-refractivity contribution < 1.29 is 24.4 Å². The number of ether oxygens (including phenoxy) is 3. The lowest BCUT2D eigenvalue weighted by Crippen LogP contribution is -2.57. The summed E-state index contributed by atoms with van der Waals surface area (Å²) < 4.78 is 16.1. The first kappa shape index (κ1) is 14.4. The molecule has 0 radical (unpaired) electrons. The van der Waals surface area contributed by atoms with Gasteiger partial charge in [-0.2, -0.15) is 0 Å². The van der Waals surface area contributed by atoms with Crippen LogP contribution in [-0.2, 0) is 20.8 Å². The molecule has 0 amide bonds. The van der Waals surface area contributed by atoms with Crippen LogP contribution in [-0.4, -0.2) is 48.0 Å². The predicted octanol–water partition coefficient (Wildman–Crippen LogP) is 0.685. The van der Waals surface area contributed by atoms with Crippen LogP contribution in [0.3, 0.4) is 0 Å². The smallest absolute Gasteiger partial charge is 0.186 e. The molecular formula is C14H20O5. The highest BCUT2D eigenvalue weighted by Gasteiger charge is 2.43. The number of hydrogen-bond donors (Lipinski definition) is 2. The van der Waals surface area contributed by atoms with E-state index in [0.717, 1.165) is 5.56 Å². The zero-order valence-electron chi connectivity index (χ0n) is 11.1. The molecule has 1 fully saturated rings. The van der Waals surface area contributed by atoms with Gasteiger partial charge in [0, 0.05) is 7.11 Å². The Morgan fingerprint density at radius 2 is 1.84 bits per heavy atom. The molecule has 2 rings (SSSR count). The van der Waals surface area contributed by atoms with Crippen molar-refractivity contribution in [2.75, 3.05) is 7.11 Å². The molecule has 1 aromatic rings. The molecule has 106 valence electrons. The first-order chi connectivity index (χ1) is 9.13. The Kier molecular flexibility index (Phi) is 4.90. The maximum atomic E-state index is 10.1. The first-order valence-corrected chi connectivity index (χ1v) is 6.33. The summed E-state index contributed by atoms with van der Waals surface area (Å²) in [5, 5.41) is 19.9. The fourth-order valence-corrected chi connectivity index (χ4v) is 2.20. The van der Waals surface area contributed by atoms with Crippen LogP contribution < -0.4 is 0 Å². The van der Waals surface area contributed by atoms with Crippen LogP contribution >= 0.6 is 0 Å². The van der Waals surface area contributed by atoms with Gasteiger partial charge in [-0.05, 0) is 12.5 Å². The third-order valence-corrected chi connectivity index (χ3v) is 3.29. The fraction of sp³-hybridized carbons (Fsp3) is 0.571. The van der Waals surface area contributed by atoms with E-state index in [1.54, 1.807) is 6.92 Å². The van der Waals surface area contributed by atoms with Crippen LogP contribution in [0.2, 0.25) is 0 Å². The highest BCUT2D eigenvalue weighted by molar-refractivity contribution is 5.13. The van der Waals surface area contributed by atoms with Gasteiger partial charge in [-0.25, -0.2) is 0 Å². The summed E-state index contributed by atoms with van der Waals surface area (Å²) in [5.41, 5.74) is 1.00. The minimum atomic E-state index is -1.11. The summed E-state index contributed by atoms with van der Waals surface area (Å²) in [4.78, 5) is 0. The van der Waals surface area contributed by atoms with E-state index in [4.69, 9.17) is 14.2 Å². The summed E-state index contributed by atoms with van der Waals surface area (Å²) >= 11 is 0. The van der Waals surface area contributed by atoms with Crippen molar-refractivity contribution in [1.82, 2.24) is 0 Å². The Labute approximate surface area is 112 Å². The molecule has 0 aliphatic carbocycles. The van der Waals surface area contributed by atoms with Gasteiger partial charge >= 0.3 is 0 Å². The van der Waals surface area contributed by atoms with E-state index >= 15 is 0 Å². The topological polar surface area (TPSA) is 68.2 Å². The Morgan fingerprint density at radius 1 is 1.16 bits per heavy atom. The Balaban J connectivity index is 1.96. The molecule has 1 saturated heterocycles. The number of benzene rings is 1. The van der Waals surface area contributed by atoms with E-state index in [9.17, 15) is 10.2 Å². The van der Waals surface area contributed by atoms with Gasteiger partial charge in [0.2, 0.25) is 0 Å². The molecule has 19 heavy (non-hydrogen) atoms. The second-order valence-electron chi connectivity index (χ2n) is 4.69. The predicted molar refractivity (Wildman–Crippen MR) is 68.4 cm³/mol. The lowest BCUT2D eigenvalue weighted by molar-refractivity contribution is -0.294. The minimum Gasteiger partial charge on any atom is -0.387 e. The van der Waals surface area contributed by atoms with Crippen molar-refractivity contribution in [3.05, 3.63) is 35.9 Å². The van der Waals surface area contributed by atoms with Gasteiger partial charge in [0.1, 0.15) is 18.3 Å². The van der Waals surface area contributed by atoms with Crippen LogP contribution in [0.4, 0.5) is 0 Å². The van der Waals surface area contributed by atoms with E-state index in [2.05, 4.69) is 0 Å². The Morgan fingerprint density at radius 3 is 2.47 bits per heavy atom. The highest BCUT2D eigenvalue weighted by Crippen LogP contribution is 2.24. The molecule has 2 N–H and O–H groups in total. The molecule has 0 saturated carbocycles.